The van der Waals surface area contributed by atoms with E-state index in [4.69, 9.17) is 44.2 Å². The van der Waals surface area contributed by atoms with Crippen molar-refractivity contribution in [3.05, 3.63) is 93.8 Å². The molecule has 0 unspecified atom stereocenters. The Labute approximate surface area is 213 Å². The lowest BCUT2D eigenvalue weighted by molar-refractivity contribution is -0.385. The standard InChI is InChI=1S/C7H3ClN2O4.C7H6N2O2.C6H5ClN2O3/c8-3-1-4-6(14-7(11)9-4)5(2-3)10(12)13;8-4-2-1-3-5-6(4)11-7(10)9-5;7-3-1-4(8)6(10)5(2-3)9(11)12/h1-2H,(H,9,11);1-3H,8H2,(H,9,10);1-2,10H,8H2. The van der Waals surface area contributed by atoms with Crippen LogP contribution in [0.3, 0.4) is 0 Å². The number of aromatic nitrogens is 2. The van der Waals surface area contributed by atoms with Crippen molar-refractivity contribution in [1.82, 2.24) is 9.97 Å². The maximum atomic E-state index is 10.8. The number of anilines is 2. The van der Waals surface area contributed by atoms with Gasteiger partial charge in [-0.2, -0.15) is 0 Å². The van der Waals surface area contributed by atoms with Gasteiger partial charge in [-0.15, -0.1) is 0 Å². The van der Waals surface area contributed by atoms with Crippen LogP contribution in [0.25, 0.3) is 22.2 Å². The molecule has 0 bridgehead atoms. The number of oxazole rings is 2. The molecule has 0 spiro atoms. The first-order chi connectivity index (χ1) is 17.4. The molecule has 0 aliphatic carbocycles. The predicted octanol–water partition coefficient (Wildman–Crippen LogP) is 3.92. The Morgan fingerprint density at radius 2 is 1.32 bits per heavy atom. The number of nitro groups is 2. The van der Waals surface area contributed by atoms with Gasteiger partial charge in [-0.1, -0.05) is 29.3 Å². The minimum absolute atomic E-state index is 0.0931. The lowest BCUT2D eigenvalue weighted by Gasteiger charge is -1.99. The van der Waals surface area contributed by atoms with E-state index in [1.807, 2.05) is 0 Å². The van der Waals surface area contributed by atoms with Crippen molar-refractivity contribution < 1.29 is 23.8 Å². The summed E-state index contributed by atoms with van der Waals surface area (Å²) in [4.78, 5) is 45.6. The minimum Gasteiger partial charge on any atom is -0.501 e. The summed E-state index contributed by atoms with van der Waals surface area (Å²) in [5.41, 5.74) is 11.5. The lowest BCUT2D eigenvalue weighted by atomic mass is 10.2. The van der Waals surface area contributed by atoms with Crippen molar-refractivity contribution >= 4 is 68.2 Å². The SMILES string of the molecule is Nc1cc(Cl)cc([N+](=O)[O-])c1O.Nc1cccc2[nH]c(=O)oc12.O=c1[nH]c2cc(Cl)cc([N+](=O)[O-])c2o1. The Bertz CT molecular complexity index is 1760. The molecular weight excluding hydrogens is 539 g/mol. The Kier molecular flexibility index (Phi) is 7.70. The van der Waals surface area contributed by atoms with Crippen LogP contribution in [0.15, 0.2) is 60.9 Å². The molecule has 0 atom stereocenters. The van der Waals surface area contributed by atoms with Crippen molar-refractivity contribution in [3.63, 3.8) is 0 Å². The number of phenolic OH excluding ortho intramolecular Hbond substituents is 1. The number of non-ortho nitro benzene ring substituents is 1. The van der Waals surface area contributed by atoms with Gasteiger partial charge in [0.05, 0.1) is 32.3 Å². The predicted molar refractivity (Wildman–Crippen MR) is 134 cm³/mol. The van der Waals surface area contributed by atoms with Crippen molar-refractivity contribution in [2.45, 2.75) is 0 Å². The first-order valence-electron chi connectivity index (χ1n) is 9.63. The molecule has 15 nitrogen and oxygen atoms in total. The highest BCUT2D eigenvalue weighted by Gasteiger charge is 2.18. The van der Waals surface area contributed by atoms with Gasteiger partial charge in [0.15, 0.2) is 5.58 Å². The molecule has 0 saturated heterocycles. The van der Waals surface area contributed by atoms with Crippen molar-refractivity contribution in [1.29, 1.82) is 0 Å². The number of nitrogen functional groups attached to an aromatic ring is 2. The number of H-pyrrole nitrogens is 2. The number of halogens is 2. The second-order valence-electron chi connectivity index (χ2n) is 6.93. The fourth-order valence-electron chi connectivity index (χ4n) is 2.88. The van der Waals surface area contributed by atoms with E-state index >= 15 is 0 Å². The van der Waals surface area contributed by atoms with Gasteiger partial charge in [-0.3, -0.25) is 30.2 Å². The largest absolute Gasteiger partial charge is 0.501 e. The van der Waals surface area contributed by atoms with Gasteiger partial charge < -0.3 is 25.4 Å². The minimum atomic E-state index is -0.752. The number of nitro benzene ring substituents is 2. The quantitative estimate of drug-likeness (QED) is 0.0906. The van der Waals surface area contributed by atoms with Crippen molar-refractivity contribution in [2.75, 3.05) is 11.5 Å². The zero-order valence-corrected chi connectivity index (χ0v) is 19.6. The number of nitrogens with zero attached hydrogens (tertiary/aromatic N) is 2. The van der Waals surface area contributed by atoms with Crippen LogP contribution in [0.4, 0.5) is 22.7 Å². The van der Waals surface area contributed by atoms with E-state index in [2.05, 4.69) is 14.4 Å². The summed E-state index contributed by atoms with van der Waals surface area (Å²) >= 11 is 11.1. The molecule has 7 N–H and O–H groups in total. The number of nitrogens with one attached hydrogen (secondary N) is 2. The van der Waals surface area contributed by atoms with E-state index in [0.717, 1.165) is 12.1 Å². The lowest BCUT2D eigenvalue weighted by Crippen LogP contribution is -1.92. The maximum absolute atomic E-state index is 10.8. The van der Waals surface area contributed by atoms with Crippen LogP contribution < -0.4 is 23.0 Å². The van der Waals surface area contributed by atoms with Crippen molar-refractivity contribution in [3.8, 4) is 5.75 Å². The molecule has 0 amide bonds. The highest BCUT2D eigenvalue weighted by atomic mass is 35.5. The molecule has 2 aromatic heterocycles. The number of hydrogen-bond acceptors (Lipinski definition) is 11. The van der Waals surface area contributed by atoms with Gasteiger partial charge >= 0.3 is 22.9 Å². The number of phenols is 1. The van der Waals surface area contributed by atoms with Crippen LogP contribution in [0.1, 0.15) is 0 Å². The van der Waals surface area contributed by atoms with Crippen LogP contribution in [0, 0.1) is 20.2 Å². The molecule has 5 rings (SSSR count). The third-order valence-corrected chi connectivity index (χ3v) is 4.86. The molecule has 0 saturated carbocycles. The molecule has 3 aromatic carbocycles. The van der Waals surface area contributed by atoms with Crippen molar-refractivity contribution in [2.24, 2.45) is 0 Å². The topological polar surface area (TPSA) is 251 Å². The molecule has 5 aromatic rings. The highest BCUT2D eigenvalue weighted by molar-refractivity contribution is 6.31. The summed E-state index contributed by atoms with van der Waals surface area (Å²) in [6.07, 6.45) is 0. The monoisotopic (exact) mass is 552 g/mol. The molecular formula is C20H14Cl2N6O9. The van der Waals surface area contributed by atoms with Gasteiger partial charge in [-0.25, -0.2) is 9.59 Å². The fourth-order valence-corrected chi connectivity index (χ4v) is 3.32. The average molecular weight is 553 g/mol. The number of nitrogens with two attached hydrogens (primary N) is 2. The molecule has 37 heavy (non-hydrogen) atoms. The number of hydrogen-bond donors (Lipinski definition) is 5. The smallest absolute Gasteiger partial charge is 0.417 e. The Balaban J connectivity index is 0.000000155. The number of fused-ring (bicyclic) bond motifs is 2. The third-order valence-electron chi connectivity index (χ3n) is 4.42. The number of aromatic amines is 2. The van der Waals surface area contributed by atoms with Gasteiger partial charge in [0.25, 0.3) is 0 Å². The van der Waals surface area contributed by atoms with E-state index in [1.54, 1.807) is 18.2 Å². The summed E-state index contributed by atoms with van der Waals surface area (Å²) in [6.45, 7) is 0. The molecule has 0 aliphatic rings. The molecule has 0 radical (unpaired) electrons. The van der Waals surface area contributed by atoms with Crippen LogP contribution in [0.5, 0.6) is 5.75 Å². The van der Waals surface area contributed by atoms with Gasteiger partial charge in [0, 0.05) is 22.2 Å². The van der Waals surface area contributed by atoms with E-state index in [9.17, 15) is 29.8 Å². The van der Waals surface area contributed by atoms with E-state index < -0.39 is 32.8 Å². The summed E-state index contributed by atoms with van der Waals surface area (Å²) in [6, 6.07) is 9.95. The Morgan fingerprint density at radius 1 is 0.784 bits per heavy atom. The van der Waals surface area contributed by atoms with Crippen LogP contribution in [-0.2, 0) is 0 Å². The van der Waals surface area contributed by atoms with Crippen LogP contribution in [0.2, 0.25) is 10.0 Å². The van der Waals surface area contributed by atoms with Crippen LogP contribution in [-0.4, -0.2) is 24.9 Å². The summed E-state index contributed by atoms with van der Waals surface area (Å²) in [5, 5.41) is 30.2. The fraction of sp³-hybridized carbons (Fsp3) is 0. The molecule has 0 aliphatic heterocycles. The highest BCUT2D eigenvalue weighted by Crippen LogP contribution is 2.34. The van der Waals surface area contributed by atoms with Gasteiger partial charge in [0.1, 0.15) is 0 Å². The number of rotatable bonds is 2. The summed E-state index contributed by atoms with van der Waals surface area (Å²) < 4.78 is 9.37. The Hall–Kier alpha value is -5.02. The normalized spacial score (nSPS) is 10.3. The zero-order valence-electron chi connectivity index (χ0n) is 18.1. The first kappa shape index (κ1) is 26.6. The van der Waals surface area contributed by atoms with Gasteiger partial charge in [0.2, 0.25) is 11.3 Å². The molecule has 192 valence electrons. The molecule has 2 heterocycles. The number of para-hydroxylation sites is 1. The zero-order chi connectivity index (χ0) is 27.4. The average Bonchev–Trinajstić information content (AvgIpc) is 3.38. The second-order valence-corrected chi connectivity index (χ2v) is 7.80. The Morgan fingerprint density at radius 3 is 1.92 bits per heavy atom. The molecule has 0 fully saturated rings. The number of benzene rings is 3. The number of aromatic hydroxyl groups is 1. The van der Waals surface area contributed by atoms with E-state index in [-0.39, 0.29) is 32.5 Å². The summed E-state index contributed by atoms with van der Waals surface area (Å²) in [7, 11) is 0. The van der Waals surface area contributed by atoms with E-state index in [0.29, 0.717) is 16.8 Å². The summed E-state index contributed by atoms with van der Waals surface area (Å²) in [5.74, 6) is -1.77. The second kappa shape index (κ2) is 10.7. The first-order valence-corrected chi connectivity index (χ1v) is 10.4. The maximum Gasteiger partial charge on any atom is 0.417 e. The van der Waals surface area contributed by atoms with Gasteiger partial charge in [-0.05, 0) is 24.3 Å². The third kappa shape index (κ3) is 6.16. The van der Waals surface area contributed by atoms with E-state index in [1.165, 1.54) is 12.1 Å². The molecule has 17 heteroatoms. The van der Waals surface area contributed by atoms with Crippen LogP contribution >= 0.6 is 23.2 Å².